The van der Waals surface area contributed by atoms with Crippen LogP contribution in [0.2, 0.25) is 0 Å². The molecule has 0 spiro atoms. The summed E-state index contributed by atoms with van der Waals surface area (Å²) in [5.41, 5.74) is 3.09. The molecule has 3 nitrogen and oxygen atoms in total. The molecule has 0 fully saturated rings. The predicted octanol–water partition coefficient (Wildman–Crippen LogP) is 4.32. The van der Waals surface area contributed by atoms with Crippen LogP contribution in [0.3, 0.4) is 0 Å². The number of benzene rings is 1. The van der Waals surface area contributed by atoms with Crippen LogP contribution in [0.5, 0.6) is 11.5 Å². The third-order valence-corrected chi connectivity index (χ3v) is 3.13. The van der Waals surface area contributed by atoms with Crippen molar-refractivity contribution in [2.24, 2.45) is 0 Å². The number of pyridine rings is 1. The number of ether oxygens (including phenoxy) is 1. The highest BCUT2D eigenvalue weighted by atomic mass is 16.5. The number of para-hydroxylation sites is 1. The molecule has 0 amide bonds. The number of nitrogens with zero attached hydrogens (tertiary/aromatic N) is 1. The average Bonchev–Trinajstić information content (AvgIpc) is 2.49. The summed E-state index contributed by atoms with van der Waals surface area (Å²) in [5, 5.41) is 3.32. The normalized spacial score (nSPS) is 11.0. The molecule has 0 aliphatic carbocycles. The van der Waals surface area contributed by atoms with Gasteiger partial charge in [0.25, 0.3) is 0 Å². The van der Waals surface area contributed by atoms with Gasteiger partial charge in [-0.25, -0.2) is 0 Å². The van der Waals surface area contributed by atoms with Gasteiger partial charge in [-0.1, -0.05) is 37.3 Å². The van der Waals surface area contributed by atoms with Crippen LogP contribution in [0.1, 0.15) is 30.7 Å². The summed E-state index contributed by atoms with van der Waals surface area (Å²) in [6.07, 6.45) is 5.94. The second kappa shape index (κ2) is 7.60. The molecule has 0 aliphatic rings. The van der Waals surface area contributed by atoms with E-state index in [1.807, 2.05) is 62.5 Å². The topological polar surface area (TPSA) is 34.1 Å². The second-order valence-corrected chi connectivity index (χ2v) is 4.85. The molecule has 1 aromatic carbocycles. The molecule has 2 rings (SSSR count). The first-order valence-corrected chi connectivity index (χ1v) is 7.30. The van der Waals surface area contributed by atoms with Crippen molar-refractivity contribution in [3.63, 3.8) is 0 Å². The van der Waals surface area contributed by atoms with Gasteiger partial charge in [-0.15, -0.1) is 0 Å². The van der Waals surface area contributed by atoms with Crippen LogP contribution < -0.4 is 10.1 Å². The predicted molar refractivity (Wildman–Crippen MR) is 87.6 cm³/mol. The quantitative estimate of drug-likeness (QED) is 0.856. The maximum Gasteiger partial charge on any atom is 0.135 e. The summed E-state index contributed by atoms with van der Waals surface area (Å²) in [6.45, 7) is 7.74. The molecular weight excluding hydrogens is 260 g/mol. The third-order valence-electron chi connectivity index (χ3n) is 3.13. The number of rotatable bonds is 6. The minimum Gasteiger partial charge on any atom is -0.456 e. The van der Waals surface area contributed by atoms with Crippen molar-refractivity contribution in [3.8, 4) is 11.5 Å². The Hall–Kier alpha value is -2.13. The number of aromatic nitrogens is 1. The van der Waals surface area contributed by atoms with Gasteiger partial charge in [0.15, 0.2) is 0 Å². The van der Waals surface area contributed by atoms with Crippen LogP contribution in [-0.4, -0.2) is 11.5 Å². The van der Waals surface area contributed by atoms with E-state index in [9.17, 15) is 0 Å². The molecule has 2 aromatic rings. The lowest BCUT2D eigenvalue weighted by Crippen LogP contribution is -2.13. The molecule has 0 bridgehead atoms. The highest BCUT2D eigenvalue weighted by Gasteiger charge is 2.08. The Balaban J connectivity index is 2.32. The van der Waals surface area contributed by atoms with E-state index in [2.05, 4.69) is 17.2 Å². The van der Waals surface area contributed by atoms with Crippen molar-refractivity contribution in [1.82, 2.24) is 10.3 Å². The van der Waals surface area contributed by atoms with E-state index < -0.39 is 0 Å². The van der Waals surface area contributed by atoms with E-state index in [4.69, 9.17) is 4.74 Å². The molecule has 1 aromatic heterocycles. The van der Waals surface area contributed by atoms with Crippen LogP contribution in [0, 0.1) is 6.92 Å². The zero-order valence-corrected chi connectivity index (χ0v) is 12.9. The molecule has 0 aliphatic heterocycles. The lowest BCUT2D eigenvalue weighted by atomic mass is 10.2. The standard InChI is InChI=1S/C18H22N2O/c1-4-8-15-9-6-7-10-17(15)21-18-11-14(3)20-13-16(18)12-19-5-2/h4,6-11,13,19H,5,12H2,1-3H3/b8-4+. The van der Waals surface area contributed by atoms with Gasteiger partial charge in [-0.3, -0.25) is 4.98 Å². The Morgan fingerprint density at radius 2 is 2.05 bits per heavy atom. The third kappa shape index (κ3) is 4.17. The summed E-state index contributed by atoms with van der Waals surface area (Å²) >= 11 is 0. The summed E-state index contributed by atoms with van der Waals surface area (Å²) in [5.74, 6) is 1.72. The lowest BCUT2D eigenvalue weighted by Gasteiger charge is -2.13. The van der Waals surface area contributed by atoms with Crippen LogP contribution >= 0.6 is 0 Å². The summed E-state index contributed by atoms with van der Waals surface area (Å²) in [6, 6.07) is 10.0. The van der Waals surface area contributed by atoms with Crippen molar-refractivity contribution in [1.29, 1.82) is 0 Å². The average molecular weight is 282 g/mol. The van der Waals surface area contributed by atoms with Gasteiger partial charge < -0.3 is 10.1 Å². The van der Waals surface area contributed by atoms with Crippen molar-refractivity contribution >= 4 is 6.08 Å². The molecule has 0 saturated heterocycles. The summed E-state index contributed by atoms with van der Waals surface area (Å²) in [4.78, 5) is 4.36. The van der Waals surface area contributed by atoms with E-state index in [0.717, 1.165) is 41.4 Å². The van der Waals surface area contributed by atoms with Gasteiger partial charge in [0.1, 0.15) is 11.5 Å². The number of allylic oxidation sites excluding steroid dienone is 1. The maximum absolute atomic E-state index is 6.14. The molecule has 0 saturated carbocycles. The van der Waals surface area contributed by atoms with E-state index in [1.54, 1.807) is 0 Å². The fourth-order valence-corrected chi connectivity index (χ4v) is 2.06. The SMILES string of the molecule is C/C=C/c1ccccc1Oc1cc(C)ncc1CNCC. The molecular formula is C18H22N2O. The Kier molecular flexibility index (Phi) is 5.52. The number of hydrogen-bond acceptors (Lipinski definition) is 3. The monoisotopic (exact) mass is 282 g/mol. The minimum atomic E-state index is 0.755. The number of aryl methyl sites for hydroxylation is 1. The molecule has 1 N–H and O–H groups in total. The number of nitrogens with one attached hydrogen (secondary N) is 1. The molecule has 0 atom stereocenters. The van der Waals surface area contributed by atoms with Crippen molar-refractivity contribution in [3.05, 3.63) is 59.4 Å². The van der Waals surface area contributed by atoms with E-state index in [1.165, 1.54) is 0 Å². The largest absolute Gasteiger partial charge is 0.456 e. The molecule has 21 heavy (non-hydrogen) atoms. The van der Waals surface area contributed by atoms with Gasteiger partial charge in [-0.2, -0.15) is 0 Å². The van der Waals surface area contributed by atoms with Gasteiger partial charge in [0, 0.05) is 35.6 Å². The van der Waals surface area contributed by atoms with E-state index in [0.29, 0.717) is 0 Å². The lowest BCUT2D eigenvalue weighted by molar-refractivity contribution is 0.470. The van der Waals surface area contributed by atoms with Crippen molar-refractivity contribution < 1.29 is 4.74 Å². The van der Waals surface area contributed by atoms with E-state index >= 15 is 0 Å². The van der Waals surface area contributed by atoms with Crippen molar-refractivity contribution in [2.45, 2.75) is 27.3 Å². The maximum atomic E-state index is 6.14. The fraction of sp³-hybridized carbons (Fsp3) is 0.278. The second-order valence-electron chi connectivity index (χ2n) is 4.85. The van der Waals surface area contributed by atoms with E-state index in [-0.39, 0.29) is 0 Å². The zero-order chi connectivity index (χ0) is 15.1. The summed E-state index contributed by atoms with van der Waals surface area (Å²) in [7, 11) is 0. The van der Waals surface area contributed by atoms with Crippen molar-refractivity contribution in [2.75, 3.05) is 6.54 Å². The molecule has 1 heterocycles. The Bertz CT molecular complexity index is 620. The minimum absolute atomic E-state index is 0.755. The smallest absolute Gasteiger partial charge is 0.135 e. The van der Waals surface area contributed by atoms with Crippen LogP contribution in [0.4, 0.5) is 0 Å². The first kappa shape index (κ1) is 15.3. The molecule has 0 unspecified atom stereocenters. The Morgan fingerprint density at radius 3 is 2.81 bits per heavy atom. The van der Waals surface area contributed by atoms with Crippen LogP contribution in [0.25, 0.3) is 6.08 Å². The van der Waals surface area contributed by atoms with Crippen LogP contribution in [-0.2, 0) is 6.54 Å². The summed E-state index contributed by atoms with van der Waals surface area (Å²) < 4.78 is 6.14. The van der Waals surface area contributed by atoms with Gasteiger partial charge in [-0.05, 0) is 26.5 Å². The molecule has 0 radical (unpaired) electrons. The fourth-order valence-electron chi connectivity index (χ4n) is 2.06. The molecule has 3 heteroatoms. The zero-order valence-electron chi connectivity index (χ0n) is 12.9. The molecule has 110 valence electrons. The van der Waals surface area contributed by atoms with Gasteiger partial charge >= 0.3 is 0 Å². The first-order chi connectivity index (χ1) is 10.2. The Labute approximate surface area is 126 Å². The highest BCUT2D eigenvalue weighted by molar-refractivity contribution is 5.58. The van der Waals surface area contributed by atoms with Gasteiger partial charge in [0.2, 0.25) is 0 Å². The number of hydrogen-bond donors (Lipinski definition) is 1. The first-order valence-electron chi connectivity index (χ1n) is 7.30. The van der Waals surface area contributed by atoms with Crippen LogP contribution in [0.15, 0.2) is 42.6 Å². The Morgan fingerprint density at radius 1 is 1.24 bits per heavy atom. The highest BCUT2D eigenvalue weighted by Crippen LogP contribution is 2.29. The van der Waals surface area contributed by atoms with Gasteiger partial charge in [0.05, 0.1) is 0 Å².